The second-order valence-corrected chi connectivity index (χ2v) is 8.53. The molecule has 2 atom stereocenters. The number of ether oxygens (including phenoxy) is 2. The number of cyclic esters (lactones) is 1. The zero-order chi connectivity index (χ0) is 23.5. The van der Waals surface area contributed by atoms with Crippen LogP contribution in [0.15, 0.2) is 36.5 Å². The van der Waals surface area contributed by atoms with E-state index in [0.717, 1.165) is 11.1 Å². The summed E-state index contributed by atoms with van der Waals surface area (Å²) in [5.41, 5.74) is 2.69. The Morgan fingerprint density at radius 2 is 2.03 bits per heavy atom. The van der Waals surface area contributed by atoms with Crippen LogP contribution in [-0.4, -0.2) is 61.5 Å². The Hall–Kier alpha value is -3.69. The minimum atomic E-state index is -3.67. The molecule has 0 radical (unpaired) electrons. The first-order valence-corrected chi connectivity index (χ1v) is 11.2. The summed E-state index contributed by atoms with van der Waals surface area (Å²) in [5, 5.41) is 11.5. The van der Waals surface area contributed by atoms with Crippen molar-refractivity contribution in [3.63, 3.8) is 0 Å². The molecular formula is C20H20N4O7S. The predicted molar refractivity (Wildman–Crippen MR) is 113 cm³/mol. The molecule has 2 aliphatic heterocycles. The fourth-order valence-corrected chi connectivity index (χ4v) is 3.26. The SMILES string of the molecule is CC(=O)NC[C@@H]1OC(=O)N2c3ccc(-c4ccc(C#N)nc4)cc3OC[C@@H]12.CS(=O)(=O)O. The summed E-state index contributed by atoms with van der Waals surface area (Å²) < 4.78 is 37.1. The third-order valence-electron chi connectivity index (χ3n) is 4.60. The minimum Gasteiger partial charge on any atom is -0.489 e. The van der Waals surface area contributed by atoms with Crippen LogP contribution < -0.4 is 15.0 Å². The molecule has 0 unspecified atom stereocenters. The van der Waals surface area contributed by atoms with E-state index in [4.69, 9.17) is 19.3 Å². The predicted octanol–water partition coefficient (Wildman–Crippen LogP) is 1.35. The largest absolute Gasteiger partial charge is 0.489 e. The van der Waals surface area contributed by atoms with Gasteiger partial charge in [-0.2, -0.15) is 13.7 Å². The van der Waals surface area contributed by atoms with Gasteiger partial charge >= 0.3 is 6.09 Å². The van der Waals surface area contributed by atoms with Crippen molar-refractivity contribution >= 4 is 27.8 Å². The topological polar surface area (TPSA) is 159 Å². The Morgan fingerprint density at radius 3 is 2.62 bits per heavy atom. The van der Waals surface area contributed by atoms with Crippen LogP contribution in [0.4, 0.5) is 10.5 Å². The molecule has 168 valence electrons. The molecular weight excluding hydrogens is 440 g/mol. The van der Waals surface area contributed by atoms with Crippen molar-refractivity contribution in [2.45, 2.75) is 19.1 Å². The Bertz CT molecular complexity index is 1170. The zero-order valence-electron chi connectivity index (χ0n) is 17.2. The number of carbonyl (C=O) groups is 2. The highest BCUT2D eigenvalue weighted by molar-refractivity contribution is 7.85. The van der Waals surface area contributed by atoms with Crippen molar-refractivity contribution < 1.29 is 32.0 Å². The number of carbonyl (C=O) groups excluding carboxylic acids is 2. The molecule has 1 aromatic carbocycles. The lowest BCUT2D eigenvalue weighted by Crippen LogP contribution is -2.47. The summed E-state index contributed by atoms with van der Waals surface area (Å²) >= 11 is 0. The fraction of sp³-hybridized carbons (Fsp3) is 0.300. The van der Waals surface area contributed by atoms with E-state index in [0.29, 0.717) is 23.4 Å². The quantitative estimate of drug-likeness (QED) is 0.645. The lowest BCUT2D eigenvalue weighted by molar-refractivity contribution is -0.119. The highest BCUT2D eigenvalue weighted by atomic mass is 32.2. The molecule has 2 aliphatic rings. The van der Waals surface area contributed by atoms with Crippen molar-refractivity contribution in [3.8, 4) is 22.9 Å². The maximum atomic E-state index is 12.3. The number of anilines is 1. The van der Waals surface area contributed by atoms with Crippen LogP contribution in [0.25, 0.3) is 11.1 Å². The van der Waals surface area contributed by atoms with Crippen molar-refractivity contribution in [1.82, 2.24) is 10.3 Å². The third kappa shape index (κ3) is 5.51. The van der Waals surface area contributed by atoms with E-state index in [-0.39, 0.29) is 25.1 Å². The van der Waals surface area contributed by atoms with Gasteiger partial charge in [-0.05, 0) is 29.8 Å². The molecule has 1 aromatic heterocycles. The molecule has 2 amide bonds. The Morgan fingerprint density at radius 1 is 1.34 bits per heavy atom. The standard InChI is InChI=1S/C19H16N4O4.CH4O3S/c1-11(24)21-9-18-16-10-26-17-6-12(13-2-4-14(7-20)22-8-13)3-5-15(17)23(16)19(25)27-18;1-5(2,3)4/h2-6,8,16,18H,9-10H2,1H3,(H,21,24);1H3,(H,2,3,4)/t16-,18-;/m0./s1. The fourth-order valence-electron chi connectivity index (χ4n) is 3.26. The summed E-state index contributed by atoms with van der Waals surface area (Å²) in [5.74, 6) is 0.396. The number of nitriles is 1. The third-order valence-corrected chi connectivity index (χ3v) is 4.60. The van der Waals surface area contributed by atoms with Gasteiger partial charge in [-0.3, -0.25) is 14.2 Å². The summed E-state index contributed by atoms with van der Waals surface area (Å²) in [4.78, 5) is 29.1. The molecule has 0 saturated carbocycles. The zero-order valence-corrected chi connectivity index (χ0v) is 18.0. The van der Waals surface area contributed by atoms with Gasteiger partial charge < -0.3 is 14.8 Å². The molecule has 2 aromatic rings. The van der Waals surface area contributed by atoms with Crippen molar-refractivity contribution in [3.05, 3.63) is 42.2 Å². The molecule has 32 heavy (non-hydrogen) atoms. The number of pyridine rings is 1. The van der Waals surface area contributed by atoms with Gasteiger partial charge in [0.1, 0.15) is 36.3 Å². The molecule has 1 saturated heterocycles. The van der Waals surface area contributed by atoms with Crippen LogP contribution in [0.1, 0.15) is 12.6 Å². The summed E-state index contributed by atoms with van der Waals surface area (Å²) in [6.07, 6.45) is 1.43. The minimum absolute atomic E-state index is 0.178. The Kier molecular flexibility index (Phi) is 6.61. The van der Waals surface area contributed by atoms with Gasteiger partial charge in [-0.25, -0.2) is 9.78 Å². The number of hydrogen-bond donors (Lipinski definition) is 2. The van der Waals surface area contributed by atoms with Crippen LogP contribution in [0.2, 0.25) is 0 Å². The van der Waals surface area contributed by atoms with Crippen LogP contribution in [0, 0.1) is 11.3 Å². The number of rotatable bonds is 3. The monoisotopic (exact) mass is 460 g/mol. The first kappa shape index (κ1) is 23.0. The number of benzene rings is 1. The normalized spacial score (nSPS) is 18.7. The summed E-state index contributed by atoms with van der Waals surface area (Å²) in [6.45, 7) is 1.94. The van der Waals surface area contributed by atoms with Crippen LogP contribution >= 0.6 is 0 Å². The summed E-state index contributed by atoms with van der Waals surface area (Å²) in [7, 11) is -3.67. The number of aromatic nitrogens is 1. The van der Waals surface area contributed by atoms with Gasteiger partial charge in [-0.15, -0.1) is 0 Å². The number of nitrogens with one attached hydrogen (secondary N) is 1. The number of nitrogens with zero attached hydrogens (tertiary/aromatic N) is 3. The molecule has 12 heteroatoms. The maximum Gasteiger partial charge on any atom is 0.415 e. The second kappa shape index (κ2) is 9.21. The van der Waals surface area contributed by atoms with E-state index < -0.39 is 22.3 Å². The highest BCUT2D eigenvalue weighted by Crippen LogP contribution is 2.40. The molecule has 11 nitrogen and oxygen atoms in total. The van der Waals surface area contributed by atoms with E-state index in [9.17, 15) is 18.0 Å². The molecule has 3 heterocycles. The van der Waals surface area contributed by atoms with Crippen LogP contribution in [0.3, 0.4) is 0 Å². The van der Waals surface area contributed by atoms with E-state index in [1.165, 1.54) is 6.92 Å². The van der Waals surface area contributed by atoms with E-state index in [1.807, 2.05) is 24.3 Å². The number of hydrogen-bond acceptors (Lipinski definition) is 8. The Balaban J connectivity index is 0.000000523. The van der Waals surface area contributed by atoms with Crippen LogP contribution in [0.5, 0.6) is 5.75 Å². The smallest absolute Gasteiger partial charge is 0.415 e. The average Bonchev–Trinajstić information content (AvgIpc) is 3.06. The molecule has 0 bridgehead atoms. The molecule has 0 spiro atoms. The van der Waals surface area contributed by atoms with Gasteiger partial charge in [0.2, 0.25) is 5.91 Å². The molecule has 0 aliphatic carbocycles. The van der Waals surface area contributed by atoms with E-state index >= 15 is 0 Å². The Labute approximate surface area is 184 Å². The second-order valence-electron chi connectivity index (χ2n) is 7.07. The maximum absolute atomic E-state index is 12.3. The van der Waals surface area contributed by atoms with Crippen molar-refractivity contribution in [2.24, 2.45) is 0 Å². The lowest BCUT2D eigenvalue weighted by atomic mass is 10.0. The van der Waals surface area contributed by atoms with Gasteiger partial charge in [0, 0.05) is 18.7 Å². The van der Waals surface area contributed by atoms with Gasteiger partial charge in [0.25, 0.3) is 10.1 Å². The number of fused-ring (bicyclic) bond motifs is 3. The van der Waals surface area contributed by atoms with Gasteiger partial charge in [0.05, 0.1) is 18.5 Å². The lowest BCUT2D eigenvalue weighted by Gasteiger charge is -2.31. The van der Waals surface area contributed by atoms with Crippen molar-refractivity contribution in [1.29, 1.82) is 5.26 Å². The molecule has 4 rings (SSSR count). The van der Waals surface area contributed by atoms with Gasteiger partial charge in [0.15, 0.2) is 0 Å². The summed E-state index contributed by atoms with van der Waals surface area (Å²) in [6, 6.07) is 10.7. The van der Waals surface area contributed by atoms with Crippen LogP contribution in [-0.2, 0) is 19.6 Å². The highest BCUT2D eigenvalue weighted by Gasteiger charge is 2.46. The van der Waals surface area contributed by atoms with Gasteiger partial charge in [-0.1, -0.05) is 6.07 Å². The first-order chi connectivity index (χ1) is 15.1. The average molecular weight is 460 g/mol. The number of amides is 2. The van der Waals surface area contributed by atoms with E-state index in [1.54, 1.807) is 23.2 Å². The molecule has 2 N–H and O–H groups in total. The molecule has 1 fully saturated rings. The first-order valence-electron chi connectivity index (χ1n) is 9.37. The van der Waals surface area contributed by atoms with E-state index in [2.05, 4.69) is 10.3 Å². The van der Waals surface area contributed by atoms with Crippen molar-refractivity contribution in [2.75, 3.05) is 24.3 Å².